The number of nitrogens with two attached hydrogens (primary N) is 1. The van der Waals surface area contributed by atoms with Crippen LogP contribution in [0.5, 0.6) is 0 Å². The first-order valence-electron chi connectivity index (χ1n) is 6.67. The molecule has 2 N–H and O–H groups in total. The van der Waals surface area contributed by atoms with E-state index in [0.29, 0.717) is 19.6 Å². The zero-order valence-corrected chi connectivity index (χ0v) is 11.2. The summed E-state index contributed by atoms with van der Waals surface area (Å²) >= 11 is 0. The van der Waals surface area contributed by atoms with Gasteiger partial charge in [-0.1, -0.05) is 19.3 Å². The number of carbonyl (C=O) groups excluding carboxylic acids is 1. The van der Waals surface area contributed by atoms with Gasteiger partial charge in [0.15, 0.2) is 0 Å². The van der Waals surface area contributed by atoms with Crippen LogP contribution in [0.15, 0.2) is 0 Å². The lowest BCUT2D eigenvalue weighted by atomic mass is 9.80. The van der Waals surface area contributed by atoms with E-state index < -0.39 is 0 Å². The predicted molar refractivity (Wildman–Crippen MR) is 68.8 cm³/mol. The lowest BCUT2D eigenvalue weighted by Gasteiger charge is -2.34. The highest BCUT2D eigenvalue weighted by Gasteiger charge is 2.31. The zero-order chi connectivity index (χ0) is 12.7. The van der Waals surface area contributed by atoms with Gasteiger partial charge in [-0.05, 0) is 19.8 Å². The van der Waals surface area contributed by atoms with Crippen molar-refractivity contribution in [2.75, 3.05) is 26.8 Å². The number of methoxy groups -OCH3 is 1. The predicted octanol–water partition coefficient (Wildman–Crippen LogP) is 1.53. The number of carbonyl (C=O) groups is 1. The van der Waals surface area contributed by atoms with Gasteiger partial charge in [0.2, 0.25) is 5.91 Å². The molecule has 1 aliphatic carbocycles. The molecular formula is C13H26N2O2. The lowest BCUT2D eigenvalue weighted by Crippen LogP contribution is -2.47. The van der Waals surface area contributed by atoms with Crippen molar-refractivity contribution >= 4 is 5.91 Å². The van der Waals surface area contributed by atoms with Crippen molar-refractivity contribution < 1.29 is 9.53 Å². The molecule has 0 spiro atoms. The smallest absolute Gasteiger partial charge is 0.224 e. The first-order chi connectivity index (χ1) is 8.11. The van der Waals surface area contributed by atoms with Gasteiger partial charge in [0.25, 0.3) is 0 Å². The van der Waals surface area contributed by atoms with E-state index in [9.17, 15) is 4.79 Å². The lowest BCUT2D eigenvalue weighted by molar-refractivity contribution is -0.133. The summed E-state index contributed by atoms with van der Waals surface area (Å²) in [4.78, 5) is 14.0. The molecule has 0 aliphatic heterocycles. The van der Waals surface area contributed by atoms with E-state index in [1.807, 2.05) is 11.8 Å². The Kier molecular flexibility index (Phi) is 5.92. The topological polar surface area (TPSA) is 55.6 Å². The molecule has 0 aromatic carbocycles. The maximum absolute atomic E-state index is 12.1. The van der Waals surface area contributed by atoms with Crippen LogP contribution in [-0.2, 0) is 9.53 Å². The normalized spacial score (nSPS) is 19.0. The second-order valence-corrected chi connectivity index (χ2v) is 5.07. The highest BCUT2D eigenvalue weighted by Crippen LogP contribution is 2.29. The molecule has 1 fully saturated rings. The molecule has 100 valence electrons. The summed E-state index contributed by atoms with van der Waals surface area (Å²) in [6.07, 6.45) is 6.04. The van der Waals surface area contributed by atoms with Gasteiger partial charge in [0.05, 0.1) is 6.61 Å². The van der Waals surface area contributed by atoms with Crippen molar-refractivity contribution in [1.82, 2.24) is 4.90 Å². The molecule has 0 aromatic rings. The summed E-state index contributed by atoms with van der Waals surface area (Å²) in [5.74, 6) is 0.175. The third-order valence-corrected chi connectivity index (χ3v) is 3.65. The molecule has 1 saturated carbocycles. The van der Waals surface area contributed by atoms with Crippen LogP contribution < -0.4 is 5.73 Å². The Morgan fingerprint density at radius 3 is 2.53 bits per heavy atom. The molecule has 1 amide bonds. The van der Waals surface area contributed by atoms with Crippen LogP contribution in [0.2, 0.25) is 0 Å². The summed E-state index contributed by atoms with van der Waals surface area (Å²) in [6, 6.07) is 0. The number of hydrogen-bond donors (Lipinski definition) is 1. The molecule has 4 nitrogen and oxygen atoms in total. The number of nitrogens with zero attached hydrogens (tertiary/aromatic N) is 1. The Hall–Kier alpha value is -0.610. The molecule has 0 bridgehead atoms. The van der Waals surface area contributed by atoms with E-state index in [-0.39, 0.29) is 11.4 Å². The largest absolute Gasteiger partial charge is 0.383 e. The van der Waals surface area contributed by atoms with Crippen LogP contribution in [-0.4, -0.2) is 43.2 Å². The molecule has 0 saturated heterocycles. The van der Waals surface area contributed by atoms with E-state index in [4.69, 9.17) is 10.5 Å². The van der Waals surface area contributed by atoms with Crippen molar-refractivity contribution in [3.8, 4) is 0 Å². The zero-order valence-electron chi connectivity index (χ0n) is 11.2. The van der Waals surface area contributed by atoms with Gasteiger partial charge in [0, 0.05) is 32.2 Å². The summed E-state index contributed by atoms with van der Waals surface area (Å²) in [7, 11) is 1.66. The molecule has 4 heteroatoms. The molecule has 1 aliphatic rings. The van der Waals surface area contributed by atoms with E-state index in [1.54, 1.807) is 7.11 Å². The minimum Gasteiger partial charge on any atom is -0.383 e. The standard InChI is InChI=1S/C13H26N2O2/c1-3-15(9-10-17-2)12(16)11-13(14)7-5-4-6-8-13/h3-11,14H2,1-2H3. The van der Waals surface area contributed by atoms with Gasteiger partial charge >= 0.3 is 0 Å². The summed E-state index contributed by atoms with van der Waals surface area (Å²) < 4.78 is 5.01. The minimum absolute atomic E-state index is 0.175. The number of hydrogen-bond acceptors (Lipinski definition) is 3. The fourth-order valence-electron chi connectivity index (χ4n) is 2.51. The Morgan fingerprint density at radius 1 is 1.35 bits per heavy atom. The number of amides is 1. The first kappa shape index (κ1) is 14.5. The third kappa shape index (κ3) is 4.64. The fraction of sp³-hybridized carbons (Fsp3) is 0.923. The molecular weight excluding hydrogens is 216 g/mol. The van der Waals surface area contributed by atoms with Crippen molar-refractivity contribution in [2.45, 2.75) is 51.0 Å². The highest BCUT2D eigenvalue weighted by atomic mass is 16.5. The second-order valence-electron chi connectivity index (χ2n) is 5.07. The summed E-state index contributed by atoms with van der Waals surface area (Å²) in [5, 5.41) is 0. The maximum atomic E-state index is 12.1. The van der Waals surface area contributed by atoms with Crippen LogP contribution in [0.4, 0.5) is 0 Å². The Morgan fingerprint density at radius 2 is 2.00 bits per heavy atom. The Balaban J connectivity index is 2.44. The maximum Gasteiger partial charge on any atom is 0.224 e. The highest BCUT2D eigenvalue weighted by molar-refractivity contribution is 5.77. The fourth-order valence-corrected chi connectivity index (χ4v) is 2.51. The molecule has 0 aromatic heterocycles. The van der Waals surface area contributed by atoms with Crippen LogP contribution in [0.25, 0.3) is 0 Å². The third-order valence-electron chi connectivity index (χ3n) is 3.65. The van der Waals surface area contributed by atoms with Gasteiger partial charge in [-0.15, -0.1) is 0 Å². The molecule has 1 rings (SSSR count). The molecule has 17 heavy (non-hydrogen) atoms. The SMILES string of the molecule is CCN(CCOC)C(=O)CC1(N)CCCCC1. The van der Waals surface area contributed by atoms with Gasteiger partial charge < -0.3 is 15.4 Å². The van der Waals surface area contributed by atoms with E-state index in [1.165, 1.54) is 6.42 Å². The minimum atomic E-state index is -0.254. The van der Waals surface area contributed by atoms with E-state index >= 15 is 0 Å². The van der Waals surface area contributed by atoms with E-state index in [0.717, 1.165) is 32.2 Å². The van der Waals surface area contributed by atoms with Crippen molar-refractivity contribution in [1.29, 1.82) is 0 Å². The van der Waals surface area contributed by atoms with Gasteiger partial charge in [-0.3, -0.25) is 4.79 Å². The number of ether oxygens (including phenoxy) is 1. The Labute approximate surface area is 104 Å². The van der Waals surface area contributed by atoms with Gasteiger partial charge in [0.1, 0.15) is 0 Å². The monoisotopic (exact) mass is 242 g/mol. The first-order valence-corrected chi connectivity index (χ1v) is 6.67. The number of rotatable bonds is 6. The van der Waals surface area contributed by atoms with Crippen molar-refractivity contribution in [3.63, 3.8) is 0 Å². The molecule has 0 radical (unpaired) electrons. The van der Waals surface area contributed by atoms with Crippen LogP contribution in [0, 0.1) is 0 Å². The van der Waals surface area contributed by atoms with Gasteiger partial charge in [-0.25, -0.2) is 0 Å². The number of likely N-dealkylation sites (N-methyl/N-ethyl adjacent to an activating group) is 1. The quantitative estimate of drug-likeness (QED) is 0.768. The average Bonchev–Trinajstić information content (AvgIpc) is 2.30. The average molecular weight is 242 g/mol. The molecule has 0 unspecified atom stereocenters. The van der Waals surface area contributed by atoms with Gasteiger partial charge in [-0.2, -0.15) is 0 Å². The summed E-state index contributed by atoms with van der Waals surface area (Å²) in [5.41, 5.74) is 6.05. The van der Waals surface area contributed by atoms with E-state index in [2.05, 4.69) is 0 Å². The van der Waals surface area contributed by atoms with Crippen LogP contribution in [0.1, 0.15) is 45.4 Å². The summed E-state index contributed by atoms with van der Waals surface area (Å²) in [6.45, 7) is 3.99. The van der Waals surface area contributed by atoms with Crippen LogP contribution in [0.3, 0.4) is 0 Å². The second kappa shape index (κ2) is 6.97. The van der Waals surface area contributed by atoms with Crippen molar-refractivity contribution in [3.05, 3.63) is 0 Å². The molecule has 0 heterocycles. The van der Waals surface area contributed by atoms with Crippen molar-refractivity contribution in [2.24, 2.45) is 5.73 Å². The van der Waals surface area contributed by atoms with Crippen LogP contribution >= 0.6 is 0 Å². The molecule has 0 atom stereocenters. The Bertz CT molecular complexity index is 238.